The third-order valence-corrected chi connectivity index (χ3v) is 3.66. The van der Waals surface area contributed by atoms with Crippen LogP contribution in [-0.2, 0) is 4.79 Å². The molecule has 2 rings (SSSR count). The van der Waals surface area contributed by atoms with Gasteiger partial charge in [0.05, 0.1) is 31.2 Å². The number of amides is 2. The summed E-state index contributed by atoms with van der Waals surface area (Å²) >= 11 is 0. The first-order valence-electron chi connectivity index (χ1n) is 6.11. The third-order valence-electron chi connectivity index (χ3n) is 3.66. The van der Waals surface area contributed by atoms with E-state index < -0.39 is 18.2 Å². The predicted octanol–water partition coefficient (Wildman–Crippen LogP) is -1.01. The van der Waals surface area contributed by atoms with E-state index in [4.69, 9.17) is 5.11 Å². The van der Waals surface area contributed by atoms with Gasteiger partial charge in [-0.05, 0) is 19.3 Å². The summed E-state index contributed by atoms with van der Waals surface area (Å²) in [6.07, 6.45) is -0.120. The second-order valence-corrected chi connectivity index (χ2v) is 5.03. The molecule has 7 heteroatoms. The zero-order valence-corrected chi connectivity index (χ0v) is 9.95. The van der Waals surface area contributed by atoms with Crippen molar-refractivity contribution in [3.05, 3.63) is 0 Å². The van der Waals surface area contributed by atoms with Gasteiger partial charge in [-0.1, -0.05) is 0 Å². The summed E-state index contributed by atoms with van der Waals surface area (Å²) in [4.78, 5) is 24.0. The van der Waals surface area contributed by atoms with E-state index in [1.54, 1.807) is 0 Å². The van der Waals surface area contributed by atoms with Crippen LogP contribution in [0.1, 0.15) is 19.3 Å². The topological polar surface area (TPSA) is 110 Å². The van der Waals surface area contributed by atoms with E-state index in [-0.39, 0.29) is 31.1 Å². The zero-order chi connectivity index (χ0) is 13.3. The Kier molecular flexibility index (Phi) is 3.72. The number of hydrogen-bond donors (Lipinski definition) is 4. The molecule has 18 heavy (non-hydrogen) atoms. The van der Waals surface area contributed by atoms with Crippen molar-refractivity contribution in [2.75, 3.05) is 13.1 Å². The molecule has 0 bridgehead atoms. The molecule has 1 heterocycles. The zero-order valence-electron chi connectivity index (χ0n) is 9.95. The minimum Gasteiger partial charge on any atom is -0.481 e. The van der Waals surface area contributed by atoms with Crippen molar-refractivity contribution in [2.24, 2.45) is 5.92 Å². The van der Waals surface area contributed by atoms with Gasteiger partial charge in [0, 0.05) is 6.04 Å². The van der Waals surface area contributed by atoms with Gasteiger partial charge in [0.1, 0.15) is 0 Å². The summed E-state index contributed by atoms with van der Waals surface area (Å²) in [5, 5.41) is 30.3. The Hall–Kier alpha value is -1.34. The molecule has 1 aliphatic carbocycles. The number of rotatable bonds is 2. The van der Waals surface area contributed by atoms with Crippen molar-refractivity contribution in [2.45, 2.75) is 37.5 Å². The molecule has 0 radical (unpaired) electrons. The van der Waals surface area contributed by atoms with E-state index in [0.29, 0.717) is 19.3 Å². The molecule has 4 N–H and O–H groups in total. The Balaban J connectivity index is 1.81. The van der Waals surface area contributed by atoms with Gasteiger partial charge in [0.15, 0.2) is 0 Å². The Morgan fingerprint density at radius 2 is 1.72 bits per heavy atom. The first-order valence-corrected chi connectivity index (χ1v) is 6.11. The number of carboxylic acid groups (broad SMARTS) is 1. The van der Waals surface area contributed by atoms with Gasteiger partial charge in [-0.2, -0.15) is 0 Å². The monoisotopic (exact) mass is 258 g/mol. The van der Waals surface area contributed by atoms with Crippen LogP contribution in [0.2, 0.25) is 0 Å². The molecule has 2 aliphatic rings. The second-order valence-electron chi connectivity index (χ2n) is 5.03. The van der Waals surface area contributed by atoms with E-state index in [2.05, 4.69) is 5.32 Å². The van der Waals surface area contributed by atoms with Gasteiger partial charge in [0.2, 0.25) is 0 Å². The largest absolute Gasteiger partial charge is 0.481 e. The van der Waals surface area contributed by atoms with Crippen LogP contribution in [0.15, 0.2) is 0 Å². The van der Waals surface area contributed by atoms with Gasteiger partial charge in [0.25, 0.3) is 0 Å². The number of aliphatic hydroxyl groups excluding tert-OH is 2. The number of carbonyl (C=O) groups is 2. The second kappa shape index (κ2) is 5.11. The highest BCUT2D eigenvalue weighted by atomic mass is 16.4. The lowest BCUT2D eigenvalue weighted by Crippen LogP contribution is -2.43. The number of carboxylic acids is 1. The highest BCUT2D eigenvalue weighted by Gasteiger charge is 2.35. The molecular formula is C11H18N2O5. The minimum atomic E-state index is -0.897. The average Bonchev–Trinajstić information content (AvgIpc) is 2.87. The lowest BCUT2D eigenvalue weighted by Gasteiger charge is -2.20. The minimum absolute atomic E-state index is 0.113. The first-order chi connectivity index (χ1) is 8.47. The van der Waals surface area contributed by atoms with Gasteiger partial charge in [-0.15, -0.1) is 0 Å². The molecule has 2 amide bonds. The van der Waals surface area contributed by atoms with Crippen LogP contribution in [0.3, 0.4) is 0 Å². The average molecular weight is 258 g/mol. The van der Waals surface area contributed by atoms with Crippen molar-refractivity contribution in [3.63, 3.8) is 0 Å². The quantitative estimate of drug-likeness (QED) is 0.507. The predicted molar refractivity (Wildman–Crippen MR) is 60.9 cm³/mol. The fourth-order valence-electron chi connectivity index (χ4n) is 2.54. The lowest BCUT2D eigenvalue weighted by molar-refractivity contribution is -0.141. The number of β-amino-alcohol motifs (C(OH)–C–C–N with tert-alkyl or cyclic N) is 2. The number of nitrogens with zero attached hydrogens (tertiary/aromatic N) is 1. The van der Waals surface area contributed by atoms with E-state index in [1.807, 2.05) is 0 Å². The Morgan fingerprint density at radius 1 is 1.11 bits per heavy atom. The van der Waals surface area contributed by atoms with Crippen molar-refractivity contribution in [1.29, 1.82) is 0 Å². The number of hydrogen-bond acceptors (Lipinski definition) is 4. The molecule has 4 unspecified atom stereocenters. The molecule has 2 fully saturated rings. The number of nitrogens with one attached hydrogen (secondary N) is 1. The van der Waals surface area contributed by atoms with Crippen LogP contribution in [-0.4, -0.2) is 63.6 Å². The molecule has 1 aliphatic heterocycles. The van der Waals surface area contributed by atoms with Crippen molar-refractivity contribution in [1.82, 2.24) is 10.2 Å². The van der Waals surface area contributed by atoms with Crippen LogP contribution < -0.4 is 5.32 Å². The molecule has 7 nitrogen and oxygen atoms in total. The summed E-state index contributed by atoms with van der Waals surface area (Å²) in [5.41, 5.74) is 0. The molecule has 1 saturated carbocycles. The summed E-state index contributed by atoms with van der Waals surface area (Å²) in [7, 11) is 0. The first kappa shape index (κ1) is 13.1. The number of urea groups is 1. The summed E-state index contributed by atoms with van der Waals surface area (Å²) in [6.45, 7) is 0.226. The molecule has 102 valence electrons. The van der Waals surface area contributed by atoms with Gasteiger partial charge >= 0.3 is 12.0 Å². The Morgan fingerprint density at radius 3 is 2.22 bits per heavy atom. The molecule has 4 atom stereocenters. The van der Waals surface area contributed by atoms with Crippen molar-refractivity contribution in [3.8, 4) is 0 Å². The lowest BCUT2D eigenvalue weighted by atomic mass is 10.1. The molecule has 0 aromatic carbocycles. The smallest absolute Gasteiger partial charge is 0.317 e. The molecule has 1 saturated heterocycles. The maximum atomic E-state index is 11.8. The maximum Gasteiger partial charge on any atom is 0.317 e. The van der Waals surface area contributed by atoms with Crippen molar-refractivity contribution >= 4 is 12.0 Å². The number of likely N-dealkylation sites (tertiary alicyclic amines) is 1. The third kappa shape index (κ3) is 2.73. The van der Waals surface area contributed by atoms with Crippen LogP contribution >= 0.6 is 0 Å². The van der Waals surface area contributed by atoms with E-state index in [9.17, 15) is 19.8 Å². The van der Waals surface area contributed by atoms with Crippen LogP contribution in [0.5, 0.6) is 0 Å². The van der Waals surface area contributed by atoms with Crippen LogP contribution in [0.4, 0.5) is 4.79 Å². The number of aliphatic carboxylic acids is 1. The summed E-state index contributed by atoms with van der Waals surface area (Å²) < 4.78 is 0. The van der Waals surface area contributed by atoms with Crippen LogP contribution in [0, 0.1) is 5.92 Å². The van der Waals surface area contributed by atoms with Crippen molar-refractivity contribution < 1.29 is 24.9 Å². The summed E-state index contributed by atoms with van der Waals surface area (Å²) in [5.74, 6) is -1.20. The van der Waals surface area contributed by atoms with Crippen LogP contribution in [0.25, 0.3) is 0 Å². The summed E-state index contributed by atoms with van der Waals surface area (Å²) in [6, 6.07) is -0.477. The highest BCUT2D eigenvalue weighted by molar-refractivity contribution is 5.75. The van der Waals surface area contributed by atoms with E-state index in [1.165, 1.54) is 4.90 Å². The van der Waals surface area contributed by atoms with Gasteiger partial charge in [-0.25, -0.2) is 4.79 Å². The van der Waals surface area contributed by atoms with E-state index in [0.717, 1.165) is 0 Å². The van der Waals surface area contributed by atoms with Gasteiger partial charge in [-0.3, -0.25) is 4.79 Å². The molecule has 0 spiro atoms. The Labute approximate surface area is 104 Å². The molecular weight excluding hydrogens is 240 g/mol. The maximum absolute atomic E-state index is 11.8. The molecule has 0 aromatic rings. The Bertz CT molecular complexity index is 338. The van der Waals surface area contributed by atoms with E-state index >= 15 is 0 Å². The SMILES string of the molecule is O=C(O)C1CCC(NC(=O)N2CC(O)C(O)C2)C1. The highest BCUT2D eigenvalue weighted by Crippen LogP contribution is 2.26. The fraction of sp³-hybridized carbons (Fsp3) is 0.818. The normalized spacial score (nSPS) is 35.8. The van der Waals surface area contributed by atoms with Gasteiger partial charge < -0.3 is 25.5 Å². The molecule has 0 aromatic heterocycles. The fourth-order valence-corrected chi connectivity index (χ4v) is 2.54. The number of carbonyl (C=O) groups excluding carboxylic acids is 1. The standard InChI is InChI=1S/C11H18N2O5/c14-8-4-13(5-9(8)15)11(18)12-7-2-1-6(3-7)10(16)17/h6-9,14-15H,1-5H2,(H,12,18)(H,16,17). The number of aliphatic hydroxyl groups is 2.